The quantitative estimate of drug-likeness (QED) is 0.104. The first kappa shape index (κ1) is 21.9. The summed E-state index contributed by atoms with van der Waals surface area (Å²) in [7, 11) is 0. The van der Waals surface area contributed by atoms with Crippen molar-refractivity contribution in [2.24, 2.45) is 0 Å². The van der Waals surface area contributed by atoms with Crippen LogP contribution in [0.2, 0.25) is 0 Å². The van der Waals surface area contributed by atoms with E-state index in [-0.39, 0.29) is 16.3 Å². The molecule has 0 aliphatic carbocycles. The molecule has 0 heterocycles. The largest absolute Gasteiger partial charge is 0.207 e. The lowest BCUT2D eigenvalue weighted by molar-refractivity contribution is 0.381. The molecule has 5 aromatic rings. The van der Waals surface area contributed by atoms with Crippen LogP contribution in [-0.4, -0.2) is 0 Å². The average Bonchev–Trinajstić information content (AvgIpc) is 2.84. The van der Waals surface area contributed by atoms with Crippen LogP contribution in [0.3, 0.4) is 0 Å². The van der Waals surface area contributed by atoms with Crippen molar-refractivity contribution < 1.29 is 35.1 Å². The molecule has 0 aromatic heterocycles. The van der Waals surface area contributed by atoms with Crippen molar-refractivity contribution in [1.82, 2.24) is 0 Å². The summed E-state index contributed by atoms with van der Waals surface area (Å²) in [5.41, 5.74) is -1.91. The minimum atomic E-state index is -2.40. The zero-order valence-corrected chi connectivity index (χ0v) is 16.8. The fourth-order valence-corrected chi connectivity index (χ4v) is 4.24. The van der Waals surface area contributed by atoms with Gasteiger partial charge in [-0.15, -0.1) is 0 Å². The van der Waals surface area contributed by atoms with Crippen LogP contribution >= 0.6 is 0 Å². The predicted molar refractivity (Wildman–Crippen MR) is 112 cm³/mol. The van der Waals surface area contributed by atoms with Crippen LogP contribution in [0.15, 0.2) is 60.7 Å². The van der Waals surface area contributed by atoms with Crippen LogP contribution in [0.4, 0.5) is 35.1 Å². The Morgan fingerprint density at radius 2 is 0.941 bits per heavy atom. The van der Waals surface area contributed by atoms with Gasteiger partial charge in [-0.25, -0.2) is 35.1 Å². The van der Waals surface area contributed by atoms with Gasteiger partial charge in [0.25, 0.3) is 0 Å². The molecule has 0 saturated heterocycles. The molecule has 0 atom stereocenters. The van der Waals surface area contributed by atoms with E-state index in [4.69, 9.17) is 0 Å². The minimum Gasteiger partial charge on any atom is -0.207 e. The van der Waals surface area contributed by atoms with Gasteiger partial charge in [-0.05, 0) is 40.6 Å². The van der Waals surface area contributed by atoms with E-state index >= 15 is 8.78 Å². The highest BCUT2D eigenvalue weighted by molar-refractivity contribution is 6.21. The number of hydrogen-bond acceptors (Lipinski definition) is 0. The molecule has 0 saturated carbocycles. The fourth-order valence-electron chi connectivity index (χ4n) is 4.24. The lowest BCUT2D eigenvalue weighted by Gasteiger charge is -2.19. The Morgan fingerprint density at radius 1 is 0.412 bits per heavy atom. The fraction of sp³-hybridized carbons (Fsp3) is 0. The molecule has 0 radical (unpaired) electrons. The molecule has 0 spiro atoms. The van der Waals surface area contributed by atoms with Gasteiger partial charge in [0.2, 0.25) is 5.82 Å². The minimum absolute atomic E-state index is 0.00489. The second-order valence-corrected chi connectivity index (χ2v) is 7.53. The highest BCUT2D eigenvalue weighted by Gasteiger charge is 2.31. The van der Waals surface area contributed by atoms with E-state index in [0.29, 0.717) is 11.6 Å². The normalized spacial score (nSPS) is 11.5. The highest BCUT2D eigenvalue weighted by atomic mass is 19.2. The van der Waals surface area contributed by atoms with E-state index < -0.39 is 68.4 Å². The van der Waals surface area contributed by atoms with Crippen molar-refractivity contribution in [1.29, 1.82) is 0 Å². The molecule has 8 heteroatoms. The molecule has 5 aromatic carbocycles. The van der Waals surface area contributed by atoms with E-state index in [1.54, 1.807) is 18.2 Å². The monoisotopic (exact) mass is 474 g/mol. The van der Waals surface area contributed by atoms with Crippen molar-refractivity contribution in [2.75, 3.05) is 0 Å². The molecule has 0 amide bonds. The predicted octanol–water partition coefficient (Wildman–Crippen LogP) is 8.44. The van der Waals surface area contributed by atoms with Crippen LogP contribution in [0.5, 0.6) is 0 Å². The van der Waals surface area contributed by atoms with Gasteiger partial charge in [-0.2, -0.15) is 0 Å². The summed E-state index contributed by atoms with van der Waals surface area (Å²) in [4.78, 5) is 0. The van der Waals surface area contributed by atoms with E-state index in [1.807, 2.05) is 0 Å². The summed E-state index contributed by atoms with van der Waals surface area (Å²) in [5, 5.41) is -1.55. The van der Waals surface area contributed by atoms with Crippen molar-refractivity contribution in [3.63, 3.8) is 0 Å². The Hall–Kier alpha value is -3.94. The first-order valence-corrected chi connectivity index (χ1v) is 9.82. The average molecular weight is 474 g/mol. The van der Waals surface area contributed by atoms with Crippen molar-refractivity contribution in [2.45, 2.75) is 0 Å². The Bertz CT molecular complexity index is 1600. The maximum atomic E-state index is 15.2. The Morgan fingerprint density at radius 3 is 1.53 bits per heavy atom. The smallest absolute Gasteiger partial charge is 0.200 e. The standard InChI is InChI=1S/C26H10F8/c27-12-6-7-13-14(10-12)17(11-4-2-1-3-5-11)19-15(28)8-9-16(29)20(19)18(13)21-22(30)24(32)26(34)25(33)23(21)31/h1-10H. The molecule has 0 nitrogen and oxygen atoms in total. The zero-order valence-electron chi connectivity index (χ0n) is 16.8. The molecular weight excluding hydrogens is 464 g/mol. The second kappa shape index (κ2) is 7.83. The summed E-state index contributed by atoms with van der Waals surface area (Å²) >= 11 is 0. The summed E-state index contributed by atoms with van der Waals surface area (Å²) in [6, 6.07) is 12.1. The molecule has 0 bridgehead atoms. The summed E-state index contributed by atoms with van der Waals surface area (Å²) in [6.07, 6.45) is 0. The van der Waals surface area contributed by atoms with Gasteiger partial charge < -0.3 is 0 Å². The number of rotatable bonds is 2. The second-order valence-electron chi connectivity index (χ2n) is 7.53. The van der Waals surface area contributed by atoms with Gasteiger partial charge in [-0.1, -0.05) is 36.4 Å². The van der Waals surface area contributed by atoms with Crippen molar-refractivity contribution in [3.8, 4) is 22.3 Å². The third-order valence-corrected chi connectivity index (χ3v) is 5.65. The van der Waals surface area contributed by atoms with E-state index in [9.17, 15) is 26.3 Å². The maximum absolute atomic E-state index is 15.2. The van der Waals surface area contributed by atoms with E-state index in [0.717, 1.165) is 24.3 Å². The molecule has 0 aliphatic rings. The number of benzene rings is 5. The van der Waals surface area contributed by atoms with Gasteiger partial charge in [0.15, 0.2) is 23.3 Å². The third kappa shape index (κ3) is 3.05. The van der Waals surface area contributed by atoms with Crippen molar-refractivity contribution in [3.05, 3.63) is 107 Å². The van der Waals surface area contributed by atoms with Crippen LogP contribution in [0, 0.1) is 46.5 Å². The third-order valence-electron chi connectivity index (χ3n) is 5.65. The molecule has 0 aliphatic heterocycles. The summed E-state index contributed by atoms with van der Waals surface area (Å²) in [5.74, 6) is -14.4. The summed E-state index contributed by atoms with van der Waals surface area (Å²) < 4.78 is 116. The van der Waals surface area contributed by atoms with E-state index in [1.165, 1.54) is 12.1 Å². The van der Waals surface area contributed by atoms with Crippen LogP contribution in [0.25, 0.3) is 43.8 Å². The summed E-state index contributed by atoms with van der Waals surface area (Å²) in [6.45, 7) is 0. The number of halogens is 8. The molecular formula is C26H10F8. The van der Waals surface area contributed by atoms with Gasteiger partial charge in [0.1, 0.15) is 17.5 Å². The molecule has 5 rings (SSSR count). The van der Waals surface area contributed by atoms with Crippen molar-refractivity contribution >= 4 is 21.5 Å². The highest BCUT2D eigenvalue weighted by Crippen LogP contribution is 2.47. The van der Waals surface area contributed by atoms with Crippen LogP contribution < -0.4 is 0 Å². The van der Waals surface area contributed by atoms with Crippen LogP contribution in [-0.2, 0) is 0 Å². The zero-order chi connectivity index (χ0) is 24.3. The lowest BCUT2D eigenvalue weighted by atomic mass is 9.85. The van der Waals surface area contributed by atoms with Gasteiger partial charge in [0, 0.05) is 21.9 Å². The molecule has 0 unspecified atom stereocenters. The maximum Gasteiger partial charge on any atom is 0.200 e. The number of hydrogen-bond donors (Lipinski definition) is 0. The molecule has 170 valence electrons. The van der Waals surface area contributed by atoms with Crippen LogP contribution in [0.1, 0.15) is 0 Å². The first-order chi connectivity index (χ1) is 16.2. The van der Waals surface area contributed by atoms with Gasteiger partial charge in [0.05, 0.1) is 5.56 Å². The Balaban J connectivity index is 2.14. The van der Waals surface area contributed by atoms with Gasteiger partial charge >= 0.3 is 0 Å². The van der Waals surface area contributed by atoms with E-state index in [2.05, 4.69) is 0 Å². The molecule has 0 fully saturated rings. The SMILES string of the molecule is Fc1ccc2c(-c3c(F)c(F)c(F)c(F)c3F)c3c(F)ccc(F)c3c(-c3ccccc3)c2c1. The Labute approximate surface area is 186 Å². The molecule has 34 heavy (non-hydrogen) atoms. The first-order valence-electron chi connectivity index (χ1n) is 9.82. The number of fused-ring (bicyclic) bond motifs is 2. The topological polar surface area (TPSA) is 0 Å². The molecule has 0 N–H and O–H groups in total. The lowest BCUT2D eigenvalue weighted by Crippen LogP contribution is -2.06. The van der Waals surface area contributed by atoms with Gasteiger partial charge in [-0.3, -0.25) is 0 Å². The Kier molecular flexibility index (Phi) is 5.04.